The summed E-state index contributed by atoms with van der Waals surface area (Å²) in [5, 5.41) is 10.7. The number of carbonyl (C=O) groups is 3. The molecule has 2 aliphatic rings. The molecule has 34 heavy (non-hydrogen) atoms. The number of carbonyl (C=O) groups excluding carboxylic acids is 3. The molecule has 4 heterocycles. The summed E-state index contributed by atoms with van der Waals surface area (Å²) in [5.74, 6) is -0.266. The lowest BCUT2D eigenvalue weighted by Crippen LogP contribution is -2.45. The van der Waals surface area contributed by atoms with Gasteiger partial charge in [-0.05, 0) is 35.6 Å². The van der Waals surface area contributed by atoms with Crippen molar-refractivity contribution in [3.05, 3.63) is 82.4 Å². The summed E-state index contributed by atoms with van der Waals surface area (Å²) >= 11 is 1.54. The number of hydrogen-bond acceptors (Lipinski definition) is 6. The van der Waals surface area contributed by atoms with Gasteiger partial charge in [-0.1, -0.05) is 49.7 Å². The molecule has 5 rings (SSSR count). The molecule has 0 spiro atoms. The van der Waals surface area contributed by atoms with Gasteiger partial charge >= 0.3 is 6.03 Å². The van der Waals surface area contributed by atoms with Crippen molar-refractivity contribution in [2.24, 2.45) is 5.10 Å². The van der Waals surface area contributed by atoms with Crippen molar-refractivity contribution in [3.8, 4) is 0 Å². The maximum Gasteiger partial charge on any atom is 0.325 e. The highest BCUT2D eigenvalue weighted by Crippen LogP contribution is 2.36. The summed E-state index contributed by atoms with van der Waals surface area (Å²) in [7, 11) is 0. The van der Waals surface area contributed by atoms with Crippen LogP contribution < -0.4 is 5.32 Å². The standard InChI is InChI=1S/C25H24N4O4S/c1-2-12-25(17-8-4-3-5-9-17)23(31)28(24(32)26-25)16-22(30)29-19(20-10-6-13-33-20)15-18(27-29)21-11-7-14-34-21/h3-11,13-14,19H,2,12,15-16H2,1H3,(H,26,32). The number of imide groups is 1. The van der Waals surface area contributed by atoms with Gasteiger partial charge in [-0.15, -0.1) is 11.3 Å². The number of hydrogen-bond donors (Lipinski definition) is 1. The smallest absolute Gasteiger partial charge is 0.325 e. The predicted octanol–water partition coefficient (Wildman–Crippen LogP) is 4.27. The Balaban J connectivity index is 1.42. The van der Waals surface area contributed by atoms with Crippen molar-refractivity contribution >= 4 is 34.9 Å². The van der Waals surface area contributed by atoms with Crippen LogP contribution in [0.2, 0.25) is 0 Å². The average Bonchev–Trinajstić information content (AvgIpc) is 3.64. The Morgan fingerprint density at radius 1 is 1.18 bits per heavy atom. The van der Waals surface area contributed by atoms with Crippen molar-refractivity contribution < 1.29 is 18.8 Å². The van der Waals surface area contributed by atoms with E-state index in [4.69, 9.17) is 4.42 Å². The minimum atomic E-state index is -1.18. The minimum Gasteiger partial charge on any atom is -0.467 e. The van der Waals surface area contributed by atoms with Crippen LogP contribution in [0.1, 0.15) is 48.4 Å². The first kappa shape index (κ1) is 22.1. The number of urea groups is 1. The molecule has 9 heteroatoms. The van der Waals surface area contributed by atoms with E-state index in [1.54, 1.807) is 29.7 Å². The number of nitrogens with one attached hydrogen (secondary N) is 1. The second-order valence-electron chi connectivity index (χ2n) is 8.34. The lowest BCUT2D eigenvalue weighted by molar-refractivity contribution is -0.140. The number of furan rings is 1. The van der Waals surface area contributed by atoms with E-state index in [0.717, 1.165) is 15.5 Å². The Morgan fingerprint density at radius 3 is 2.68 bits per heavy atom. The van der Waals surface area contributed by atoms with E-state index in [9.17, 15) is 14.4 Å². The van der Waals surface area contributed by atoms with Gasteiger partial charge in [0.15, 0.2) is 0 Å². The summed E-state index contributed by atoms with van der Waals surface area (Å²) in [4.78, 5) is 41.9. The van der Waals surface area contributed by atoms with E-state index in [1.807, 2.05) is 54.8 Å². The van der Waals surface area contributed by atoms with Gasteiger partial charge in [0.2, 0.25) is 0 Å². The molecule has 1 aromatic carbocycles. The third kappa shape index (κ3) is 3.71. The van der Waals surface area contributed by atoms with E-state index in [0.29, 0.717) is 30.6 Å². The fourth-order valence-corrected chi connectivity index (χ4v) is 5.34. The molecular weight excluding hydrogens is 452 g/mol. The summed E-state index contributed by atoms with van der Waals surface area (Å²) in [6.07, 6.45) is 3.16. The Kier molecular flexibility index (Phi) is 5.79. The largest absolute Gasteiger partial charge is 0.467 e. The van der Waals surface area contributed by atoms with Crippen LogP contribution >= 0.6 is 11.3 Å². The molecular formula is C25H24N4O4S. The Bertz CT molecular complexity index is 1220. The highest BCUT2D eigenvalue weighted by atomic mass is 32.1. The number of benzene rings is 1. The molecule has 2 aromatic heterocycles. The normalized spacial score (nSPS) is 22.3. The molecule has 0 radical (unpaired) electrons. The van der Waals surface area contributed by atoms with Crippen molar-refractivity contribution in [1.82, 2.24) is 15.2 Å². The highest BCUT2D eigenvalue weighted by molar-refractivity contribution is 7.12. The van der Waals surface area contributed by atoms with Crippen molar-refractivity contribution in [3.63, 3.8) is 0 Å². The number of hydrazone groups is 1. The Labute approximate surface area is 200 Å². The highest BCUT2D eigenvalue weighted by Gasteiger charge is 2.52. The van der Waals surface area contributed by atoms with E-state index in [1.165, 1.54) is 5.01 Å². The van der Waals surface area contributed by atoms with Gasteiger partial charge in [-0.3, -0.25) is 14.5 Å². The molecule has 174 valence electrons. The van der Waals surface area contributed by atoms with Crippen LogP contribution in [0.25, 0.3) is 0 Å². The first-order valence-electron chi connectivity index (χ1n) is 11.2. The monoisotopic (exact) mass is 476 g/mol. The van der Waals surface area contributed by atoms with Gasteiger partial charge in [0, 0.05) is 6.42 Å². The molecule has 4 amide bonds. The molecule has 0 aliphatic carbocycles. The molecule has 8 nitrogen and oxygen atoms in total. The number of thiophene rings is 1. The zero-order chi connectivity index (χ0) is 23.7. The second kappa shape index (κ2) is 8.90. The summed E-state index contributed by atoms with van der Waals surface area (Å²) in [6.45, 7) is 1.55. The zero-order valence-corrected chi connectivity index (χ0v) is 19.5. The summed E-state index contributed by atoms with van der Waals surface area (Å²) in [5.41, 5.74) is 0.300. The van der Waals surface area contributed by atoms with E-state index < -0.39 is 36.0 Å². The van der Waals surface area contributed by atoms with Crippen LogP contribution in [-0.2, 0) is 15.1 Å². The van der Waals surface area contributed by atoms with Gasteiger partial charge in [0.25, 0.3) is 11.8 Å². The third-order valence-corrected chi connectivity index (χ3v) is 7.12. The van der Waals surface area contributed by atoms with Crippen molar-refractivity contribution in [2.45, 2.75) is 37.8 Å². The van der Waals surface area contributed by atoms with Crippen LogP contribution in [-0.4, -0.2) is 40.0 Å². The third-order valence-electron chi connectivity index (χ3n) is 6.20. The molecule has 2 atom stereocenters. The number of rotatable bonds is 7. The first-order chi connectivity index (χ1) is 16.5. The maximum atomic E-state index is 13.6. The predicted molar refractivity (Wildman–Crippen MR) is 127 cm³/mol. The van der Waals surface area contributed by atoms with Crippen LogP contribution in [0, 0.1) is 0 Å². The first-order valence-corrected chi connectivity index (χ1v) is 12.1. The van der Waals surface area contributed by atoms with Crippen LogP contribution in [0.3, 0.4) is 0 Å². The molecule has 1 N–H and O–H groups in total. The molecule has 0 bridgehead atoms. The number of amides is 4. The van der Waals surface area contributed by atoms with Crippen LogP contribution in [0.15, 0.2) is 75.8 Å². The van der Waals surface area contributed by atoms with Crippen LogP contribution in [0.5, 0.6) is 0 Å². The molecule has 2 unspecified atom stereocenters. The average molecular weight is 477 g/mol. The molecule has 2 aliphatic heterocycles. The van der Waals surface area contributed by atoms with E-state index in [-0.39, 0.29) is 0 Å². The molecule has 0 saturated carbocycles. The van der Waals surface area contributed by atoms with Gasteiger partial charge in [-0.25, -0.2) is 9.80 Å². The Morgan fingerprint density at radius 2 is 2.00 bits per heavy atom. The second-order valence-corrected chi connectivity index (χ2v) is 9.29. The van der Waals surface area contributed by atoms with Gasteiger partial charge in [0.1, 0.15) is 23.9 Å². The lowest BCUT2D eigenvalue weighted by Gasteiger charge is -2.27. The van der Waals surface area contributed by atoms with Gasteiger partial charge in [0.05, 0.1) is 16.9 Å². The van der Waals surface area contributed by atoms with E-state index in [2.05, 4.69) is 10.4 Å². The van der Waals surface area contributed by atoms with Gasteiger partial charge in [-0.2, -0.15) is 5.10 Å². The number of nitrogens with zero attached hydrogens (tertiary/aromatic N) is 3. The van der Waals surface area contributed by atoms with E-state index >= 15 is 0 Å². The topological polar surface area (TPSA) is 95.2 Å². The Hall–Kier alpha value is -3.72. The van der Waals surface area contributed by atoms with Crippen molar-refractivity contribution in [2.75, 3.05) is 6.54 Å². The molecule has 1 saturated heterocycles. The van der Waals surface area contributed by atoms with Crippen molar-refractivity contribution in [1.29, 1.82) is 0 Å². The minimum absolute atomic E-state index is 0.401. The fraction of sp³-hybridized carbons (Fsp3) is 0.280. The van der Waals surface area contributed by atoms with Crippen LogP contribution in [0.4, 0.5) is 4.79 Å². The summed E-state index contributed by atoms with van der Waals surface area (Å²) < 4.78 is 5.57. The molecule has 3 aromatic rings. The van der Waals surface area contributed by atoms with Gasteiger partial charge < -0.3 is 9.73 Å². The SMILES string of the molecule is CCCC1(c2ccccc2)NC(=O)N(CC(=O)N2N=C(c3cccs3)CC2c2ccco2)C1=O. The summed E-state index contributed by atoms with van der Waals surface area (Å²) in [6, 6.07) is 15.6. The fourth-order valence-electron chi connectivity index (χ4n) is 4.62. The lowest BCUT2D eigenvalue weighted by atomic mass is 9.85. The maximum absolute atomic E-state index is 13.6. The molecule has 1 fully saturated rings. The zero-order valence-electron chi connectivity index (χ0n) is 18.6. The quantitative estimate of drug-likeness (QED) is 0.515.